The molecular weight excluding hydrogens is 512 g/mol. The van der Waals surface area contributed by atoms with Gasteiger partial charge in [-0.25, -0.2) is 14.5 Å². The van der Waals surface area contributed by atoms with Crippen molar-refractivity contribution < 1.29 is 28.7 Å². The van der Waals surface area contributed by atoms with Crippen molar-refractivity contribution in [3.05, 3.63) is 83.4 Å². The van der Waals surface area contributed by atoms with E-state index in [4.69, 9.17) is 9.47 Å². The number of imide groups is 1. The number of rotatable bonds is 8. The molecule has 3 aromatic carbocycles. The normalized spacial score (nSPS) is 14.4. The predicted octanol–water partition coefficient (Wildman–Crippen LogP) is 3.77. The summed E-state index contributed by atoms with van der Waals surface area (Å²) in [6.07, 6.45) is -0.642. The number of ether oxygens (including phenoxy) is 2. The number of alkyl carbamates (subject to hydrolysis) is 1. The summed E-state index contributed by atoms with van der Waals surface area (Å²) >= 11 is 0. The summed E-state index contributed by atoms with van der Waals surface area (Å²) in [5, 5.41) is 4.95. The highest BCUT2D eigenvalue weighted by atomic mass is 16.5. The summed E-state index contributed by atoms with van der Waals surface area (Å²) in [6.45, 7) is 1.52. The molecule has 0 radical (unpaired) electrons. The van der Waals surface area contributed by atoms with Crippen LogP contribution < -0.4 is 20.3 Å². The zero-order chi connectivity index (χ0) is 28.2. The van der Waals surface area contributed by atoms with Crippen LogP contribution in [0.4, 0.5) is 15.3 Å². The van der Waals surface area contributed by atoms with Crippen LogP contribution in [0.1, 0.15) is 29.0 Å². The Labute approximate surface area is 231 Å². The van der Waals surface area contributed by atoms with Gasteiger partial charge < -0.3 is 20.1 Å². The second-order valence-electron chi connectivity index (χ2n) is 9.62. The van der Waals surface area contributed by atoms with Gasteiger partial charge in [0.2, 0.25) is 11.8 Å². The van der Waals surface area contributed by atoms with E-state index >= 15 is 0 Å². The Bertz CT molecular complexity index is 1430. The van der Waals surface area contributed by atoms with Crippen LogP contribution >= 0.6 is 0 Å². The van der Waals surface area contributed by atoms with Gasteiger partial charge in [0.25, 0.3) is 0 Å². The van der Waals surface area contributed by atoms with Gasteiger partial charge in [-0.05, 0) is 46.9 Å². The summed E-state index contributed by atoms with van der Waals surface area (Å²) in [4.78, 5) is 52.8. The summed E-state index contributed by atoms with van der Waals surface area (Å²) in [5.74, 6) is -0.570. The lowest BCUT2D eigenvalue weighted by atomic mass is 9.98. The number of benzene rings is 3. The Morgan fingerprint density at radius 2 is 1.62 bits per heavy atom. The first-order valence-electron chi connectivity index (χ1n) is 13.0. The lowest BCUT2D eigenvalue weighted by molar-refractivity contribution is -0.130. The highest BCUT2D eigenvalue weighted by Gasteiger charge is 2.34. The van der Waals surface area contributed by atoms with Gasteiger partial charge in [-0.3, -0.25) is 14.5 Å². The average molecular weight is 543 g/mol. The lowest BCUT2D eigenvalue weighted by Gasteiger charge is -2.34. The molecule has 1 aliphatic heterocycles. The molecule has 0 bridgehead atoms. The average Bonchev–Trinajstić information content (AvgIpc) is 3.28. The summed E-state index contributed by atoms with van der Waals surface area (Å²) in [7, 11) is 1.51. The van der Waals surface area contributed by atoms with Crippen molar-refractivity contribution in [1.29, 1.82) is 0 Å². The van der Waals surface area contributed by atoms with Crippen LogP contribution in [-0.4, -0.2) is 62.3 Å². The van der Waals surface area contributed by atoms with Crippen LogP contribution in [0, 0.1) is 6.92 Å². The maximum Gasteiger partial charge on any atom is 0.407 e. The molecule has 206 valence electrons. The molecule has 0 aromatic heterocycles. The molecule has 0 unspecified atom stereocenters. The monoisotopic (exact) mass is 542 g/mol. The summed E-state index contributed by atoms with van der Waals surface area (Å²) < 4.78 is 10.8. The van der Waals surface area contributed by atoms with Crippen LogP contribution in [0.3, 0.4) is 0 Å². The topological polar surface area (TPSA) is 117 Å². The molecule has 40 heavy (non-hydrogen) atoms. The Morgan fingerprint density at radius 1 is 0.950 bits per heavy atom. The van der Waals surface area contributed by atoms with Gasteiger partial charge in [0.05, 0.1) is 12.8 Å². The van der Waals surface area contributed by atoms with E-state index in [-0.39, 0.29) is 38.7 Å². The number of aryl methyl sites for hydroxylation is 1. The van der Waals surface area contributed by atoms with Crippen LogP contribution in [-0.2, 0) is 14.3 Å². The van der Waals surface area contributed by atoms with Crippen molar-refractivity contribution in [2.75, 3.05) is 38.4 Å². The number of nitrogens with one attached hydrogen (secondary N) is 2. The van der Waals surface area contributed by atoms with Crippen LogP contribution in [0.25, 0.3) is 11.1 Å². The van der Waals surface area contributed by atoms with Crippen molar-refractivity contribution >= 4 is 29.6 Å². The van der Waals surface area contributed by atoms with Crippen molar-refractivity contribution in [1.82, 2.24) is 15.5 Å². The van der Waals surface area contributed by atoms with E-state index in [1.807, 2.05) is 67.6 Å². The number of nitrogens with zero attached hydrogens (tertiary/aromatic N) is 2. The Hall–Kier alpha value is -4.86. The first-order chi connectivity index (χ1) is 19.4. The maximum absolute atomic E-state index is 13.1. The number of methoxy groups -OCH3 is 1. The van der Waals surface area contributed by atoms with Gasteiger partial charge >= 0.3 is 12.1 Å². The smallest absolute Gasteiger partial charge is 0.407 e. The van der Waals surface area contributed by atoms with Gasteiger partial charge in [-0.15, -0.1) is 0 Å². The molecule has 2 N–H and O–H groups in total. The zero-order valence-electron chi connectivity index (χ0n) is 22.3. The molecule has 0 atom stereocenters. The summed E-state index contributed by atoms with van der Waals surface area (Å²) in [6, 6.07) is 20.9. The maximum atomic E-state index is 13.1. The first-order valence-corrected chi connectivity index (χ1v) is 13.0. The summed E-state index contributed by atoms with van der Waals surface area (Å²) in [5.41, 5.74) is 5.89. The number of urea groups is 1. The minimum Gasteiger partial charge on any atom is -0.495 e. The second-order valence-corrected chi connectivity index (χ2v) is 9.62. The molecule has 1 saturated heterocycles. The van der Waals surface area contributed by atoms with Crippen LogP contribution in [0.2, 0.25) is 0 Å². The first kappa shape index (κ1) is 26.7. The van der Waals surface area contributed by atoms with E-state index in [0.717, 1.165) is 32.7 Å². The molecule has 5 amide bonds. The van der Waals surface area contributed by atoms with Gasteiger partial charge in [0, 0.05) is 18.9 Å². The highest BCUT2D eigenvalue weighted by Crippen LogP contribution is 2.44. The molecule has 10 nitrogen and oxygen atoms in total. The van der Waals surface area contributed by atoms with Crippen molar-refractivity contribution in [3.8, 4) is 16.9 Å². The largest absolute Gasteiger partial charge is 0.495 e. The third kappa shape index (κ3) is 5.33. The van der Waals surface area contributed by atoms with E-state index in [2.05, 4.69) is 10.6 Å². The number of amides is 5. The number of hydrogen-bond donors (Lipinski definition) is 2. The highest BCUT2D eigenvalue weighted by molar-refractivity contribution is 6.06. The molecule has 1 fully saturated rings. The van der Waals surface area contributed by atoms with Gasteiger partial charge in [0.1, 0.15) is 25.6 Å². The van der Waals surface area contributed by atoms with E-state index < -0.39 is 23.9 Å². The van der Waals surface area contributed by atoms with Gasteiger partial charge in [-0.1, -0.05) is 54.6 Å². The zero-order valence-corrected chi connectivity index (χ0v) is 22.3. The molecule has 5 rings (SSSR count). The van der Waals surface area contributed by atoms with E-state index in [1.54, 1.807) is 6.07 Å². The fourth-order valence-corrected chi connectivity index (χ4v) is 5.11. The third-order valence-corrected chi connectivity index (χ3v) is 7.11. The molecule has 10 heteroatoms. The SMILES string of the molecule is COc1ccc(C)cc1N1CCC(=O)N(CNC(=O)CNC(=O)OCC2c3ccccc3-c3ccccc32)C1=O. The predicted molar refractivity (Wildman–Crippen MR) is 148 cm³/mol. The third-order valence-electron chi connectivity index (χ3n) is 7.11. The Balaban J connectivity index is 1.12. The minimum absolute atomic E-state index is 0.0940. The van der Waals surface area contributed by atoms with E-state index in [1.165, 1.54) is 12.0 Å². The fourth-order valence-electron chi connectivity index (χ4n) is 5.11. The van der Waals surface area contributed by atoms with Crippen molar-refractivity contribution in [3.63, 3.8) is 0 Å². The molecule has 0 spiro atoms. The van der Waals surface area contributed by atoms with E-state index in [9.17, 15) is 19.2 Å². The number of hydrogen-bond acceptors (Lipinski definition) is 6. The molecule has 3 aromatic rings. The van der Waals surface area contributed by atoms with Crippen LogP contribution in [0.15, 0.2) is 66.7 Å². The Kier molecular flexibility index (Phi) is 7.68. The van der Waals surface area contributed by atoms with Gasteiger partial charge in [-0.2, -0.15) is 0 Å². The number of carbonyl (C=O) groups is 4. The Morgan fingerprint density at radius 3 is 2.30 bits per heavy atom. The van der Waals surface area contributed by atoms with Crippen molar-refractivity contribution in [2.24, 2.45) is 0 Å². The second kappa shape index (κ2) is 11.5. The quantitative estimate of drug-likeness (QED) is 0.448. The number of anilines is 1. The number of fused-ring (bicyclic) bond motifs is 3. The molecule has 1 aliphatic carbocycles. The standard InChI is InChI=1S/C30H30N4O6/c1-19-11-12-26(39-2)25(15-19)33-14-13-28(36)34(30(33)38)18-32-27(35)16-31-29(37)40-17-24-22-9-5-3-7-20(22)21-8-4-6-10-23(21)24/h3-12,15,24H,13-14,16-18H2,1-2H3,(H,31,37)(H,32,35). The van der Waals surface area contributed by atoms with Crippen molar-refractivity contribution in [2.45, 2.75) is 19.3 Å². The molecule has 2 aliphatic rings. The van der Waals surface area contributed by atoms with E-state index in [0.29, 0.717) is 11.4 Å². The molecular formula is C30H30N4O6. The number of carbonyl (C=O) groups excluding carboxylic acids is 4. The van der Waals surface area contributed by atoms with Crippen LogP contribution in [0.5, 0.6) is 5.75 Å². The molecule has 0 saturated carbocycles. The fraction of sp³-hybridized carbons (Fsp3) is 0.267. The van der Waals surface area contributed by atoms with Gasteiger partial charge in [0.15, 0.2) is 0 Å². The minimum atomic E-state index is -0.736. The lowest BCUT2D eigenvalue weighted by Crippen LogP contribution is -2.56. The molecule has 1 heterocycles.